The van der Waals surface area contributed by atoms with Gasteiger partial charge < -0.3 is 19.1 Å². The summed E-state index contributed by atoms with van der Waals surface area (Å²) in [6.07, 6.45) is 1.01. The van der Waals surface area contributed by atoms with Gasteiger partial charge in [-0.15, -0.1) is 0 Å². The molecule has 2 fully saturated rings. The zero-order valence-corrected chi connectivity index (χ0v) is 18.8. The molecule has 172 valence electrons. The second kappa shape index (κ2) is 8.24. The highest BCUT2D eigenvalue weighted by molar-refractivity contribution is 5.94. The molecule has 4 heterocycles. The van der Waals surface area contributed by atoms with E-state index in [2.05, 4.69) is 28.9 Å². The summed E-state index contributed by atoms with van der Waals surface area (Å²) in [5.74, 6) is -0.428. The zero-order chi connectivity index (χ0) is 22.5. The number of carbonyl (C=O) groups is 2. The van der Waals surface area contributed by atoms with E-state index in [9.17, 15) is 9.59 Å². The van der Waals surface area contributed by atoms with E-state index < -0.39 is 0 Å². The number of piperazine rings is 1. The van der Waals surface area contributed by atoms with Crippen LogP contribution in [0.25, 0.3) is 0 Å². The number of fused-ring (bicyclic) bond motifs is 3. The Labute approximate surface area is 193 Å². The molecule has 7 nitrogen and oxygen atoms in total. The van der Waals surface area contributed by atoms with Crippen LogP contribution in [0.1, 0.15) is 54.6 Å². The number of cyclic esters (lactones) is 2. The Hall–Kier alpha value is -2.74. The highest BCUT2D eigenvalue weighted by atomic mass is 16.5. The maximum atomic E-state index is 11.8. The van der Waals surface area contributed by atoms with Crippen molar-refractivity contribution in [1.82, 2.24) is 9.80 Å². The molecule has 4 aliphatic rings. The summed E-state index contributed by atoms with van der Waals surface area (Å²) in [7, 11) is 0. The van der Waals surface area contributed by atoms with Gasteiger partial charge in [0.25, 0.3) is 0 Å². The monoisotopic (exact) mass is 448 g/mol. The second-order valence-corrected chi connectivity index (χ2v) is 9.47. The molecule has 2 atom stereocenters. The van der Waals surface area contributed by atoms with Gasteiger partial charge in [0, 0.05) is 49.9 Å². The lowest BCUT2D eigenvalue weighted by atomic mass is 9.96. The summed E-state index contributed by atoms with van der Waals surface area (Å²) in [6.45, 7) is 8.54. The molecule has 0 spiro atoms. The SMILES string of the molecule is Cc1c(CCN2CCN3C[C@H](c4ccc5c(c4)COC5=O)OC[C@@H]3C2)ccc2c1COC2=O. The van der Waals surface area contributed by atoms with Crippen LogP contribution in [-0.4, -0.2) is 67.1 Å². The van der Waals surface area contributed by atoms with E-state index in [0.717, 1.165) is 61.4 Å². The maximum absolute atomic E-state index is 11.8. The predicted molar refractivity (Wildman–Crippen MR) is 120 cm³/mol. The minimum absolute atomic E-state index is 0.0350. The van der Waals surface area contributed by atoms with Crippen LogP contribution in [0.4, 0.5) is 0 Å². The van der Waals surface area contributed by atoms with E-state index in [1.807, 2.05) is 18.2 Å². The topological polar surface area (TPSA) is 68.3 Å². The Morgan fingerprint density at radius 2 is 1.79 bits per heavy atom. The lowest BCUT2D eigenvalue weighted by Crippen LogP contribution is -2.58. The van der Waals surface area contributed by atoms with Crippen LogP contribution in [0, 0.1) is 6.92 Å². The number of rotatable bonds is 4. The summed E-state index contributed by atoms with van der Waals surface area (Å²) < 4.78 is 16.6. The second-order valence-electron chi connectivity index (χ2n) is 9.47. The molecule has 0 unspecified atom stereocenters. The first-order chi connectivity index (χ1) is 16.1. The maximum Gasteiger partial charge on any atom is 0.338 e. The first-order valence-corrected chi connectivity index (χ1v) is 11.7. The molecule has 2 aromatic rings. The van der Waals surface area contributed by atoms with Crippen LogP contribution in [0.3, 0.4) is 0 Å². The quantitative estimate of drug-likeness (QED) is 0.666. The van der Waals surface area contributed by atoms with Crippen molar-refractivity contribution >= 4 is 11.9 Å². The summed E-state index contributed by atoms with van der Waals surface area (Å²) >= 11 is 0. The molecule has 2 aromatic carbocycles. The molecular weight excluding hydrogens is 420 g/mol. The molecular formula is C26H28N2O5. The average molecular weight is 449 g/mol. The summed E-state index contributed by atoms with van der Waals surface area (Å²) in [6, 6.07) is 10.3. The van der Waals surface area contributed by atoms with Crippen molar-refractivity contribution < 1.29 is 23.8 Å². The van der Waals surface area contributed by atoms with Gasteiger partial charge in [0.15, 0.2) is 0 Å². The highest BCUT2D eigenvalue weighted by Gasteiger charge is 2.35. The lowest BCUT2D eigenvalue weighted by Gasteiger charge is -2.46. The Kier molecular flexibility index (Phi) is 5.20. The fourth-order valence-electron chi connectivity index (χ4n) is 5.55. The van der Waals surface area contributed by atoms with Gasteiger partial charge in [0.2, 0.25) is 0 Å². The number of hydrogen-bond donors (Lipinski definition) is 0. The van der Waals surface area contributed by atoms with Gasteiger partial charge >= 0.3 is 11.9 Å². The highest BCUT2D eigenvalue weighted by Crippen LogP contribution is 2.31. The van der Waals surface area contributed by atoms with E-state index in [4.69, 9.17) is 14.2 Å². The van der Waals surface area contributed by atoms with Gasteiger partial charge in [-0.25, -0.2) is 9.59 Å². The van der Waals surface area contributed by atoms with Crippen molar-refractivity contribution in [2.24, 2.45) is 0 Å². The first-order valence-electron chi connectivity index (χ1n) is 11.7. The third kappa shape index (κ3) is 3.74. The van der Waals surface area contributed by atoms with Gasteiger partial charge in [-0.1, -0.05) is 12.1 Å². The zero-order valence-electron chi connectivity index (χ0n) is 18.8. The molecule has 7 heteroatoms. The largest absolute Gasteiger partial charge is 0.457 e. The van der Waals surface area contributed by atoms with Gasteiger partial charge in [0.05, 0.1) is 23.8 Å². The van der Waals surface area contributed by atoms with E-state index >= 15 is 0 Å². The molecule has 33 heavy (non-hydrogen) atoms. The van der Waals surface area contributed by atoms with Gasteiger partial charge in [-0.05, 0) is 48.2 Å². The minimum atomic E-state index is -0.228. The van der Waals surface area contributed by atoms with Crippen molar-refractivity contribution in [3.63, 3.8) is 0 Å². The predicted octanol–water partition coefficient (Wildman–Crippen LogP) is 2.64. The van der Waals surface area contributed by atoms with E-state index in [1.54, 1.807) is 0 Å². The van der Waals surface area contributed by atoms with E-state index in [-0.39, 0.29) is 18.0 Å². The molecule has 6 rings (SSSR count). The number of hydrogen-bond acceptors (Lipinski definition) is 7. The summed E-state index contributed by atoms with van der Waals surface area (Å²) in [5.41, 5.74) is 7.04. The number of morpholine rings is 1. The molecule has 0 saturated carbocycles. The minimum Gasteiger partial charge on any atom is -0.457 e. The number of ether oxygens (including phenoxy) is 3. The molecule has 0 aromatic heterocycles. The van der Waals surface area contributed by atoms with Gasteiger partial charge in [0.1, 0.15) is 13.2 Å². The molecule has 4 aliphatic heterocycles. The van der Waals surface area contributed by atoms with Crippen molar-refractivity contribution in [2.45, 2.75) is 38.7 Å². The standard InChI is InChI=1S/C26H28N2O5/c1-16-17(2-5-22-23(16)15-33-26(22)30)6-7-27-8-9-28-12-24(31-14-20(28)11-27)18-3-4-21-19(10-18)13-32-25(21)29/h2-5,10,20,24H,6-9,11-15H2,1H3/t20-,24+/m0/s1. The van der Waals surface area contributed by atoms with Crippen LogP contribution in [0.5, 0.6) is 0 Å². The van der Waals surface area contributed by atoms with Crippen molar-refractivity contribution in [3.8, 4) is 0 Å². The van der Waals surface area contributed by atoms with Crippen LogP contribution in [-0.2, 0) is 33.8 Å². The summed E-state index contributed by atoms with van der Waals surface area (Å²) in [5, 5.41) is 0. The summed E-state index contributed by atoms with van der Waals surface area (Å²) in [4.78, 5) is 28.6. The Balaban J connectivity index is 1.06. The molecule has 0 amide bonds. The molecule has 0 N–H and O–H groups in total. The van der Waals surface area contributed by atoms with E-state index in [1.165, 1.54) is 11.1 Å². The van der Waals surface area contributed by atoms with Crippen LogP contribution in [0.15, 0.2) is 30.3 Å². The fraction of sp³-hybridized carbons (Fsp3) is 0.462. The Morgan fingerprint density at radius 1 is 0.970 bits per heavy atom. The van der Waals surface area contributed by atoms with Crippen LogP contribution >= 0.6 is 0 Å². The lowest BCUT2D eigenvalue weighted by molar-refractivity contribution is -0.0901. The van der Waals surface area contributed by atoms with Gasteiger partial charge in [-0.3, -0.25) is 4.90 Å². The number of carbonyl (C=O) groups excluding carboxylic acids is 2. The van der Waals surface area contributed by atoms with Gasteiger partial charge in [-0.2, -0.15) is 0 Å². The average Bonchev–Trinajstić information content (AvgIpc) is 3.41. The van der Waals surface area contributed by atoms with Crippen molar-refractivity contribution in [1.29, 1.82) is 0 Å². The van der Waals surface area contributed by atoms with Crippen molar-refractivity contribution in [2.75, 3.05) is 39.3 Å². The smallest absolute Gasteiger partial charge is 0.338 e. The van der Waals surface area contributed by atoms with Crippen LogP contribution in [0.2, 0.25) is 0 Å². The van der Waals surface area contributed by atoms with Crippen LogP contribution < -0.4 is 0 Å². The first kappa shape index (κ1) is 20.8. The molecule has 0 bridgehead atoms. The third-order valence-electron chi connectivity index (χ3n) is 7.63. The number of esters is 2. The molecule has 0 radical (unpaired) electrons. The number of benzene rings is 2. The normalized spacial score (nSPS) is 24.8. The Bertz CT molecular complexity index is 1130. The Morgan fingerprint density at radius 3 is 2.70 bits per heavy atom. The number of nitrogens with zero attached hydrogens (tertiary/aromatic N) is 2. The fourth-order valence-corrected chi connectivity index (χ4v) is 5.55. The van der Waals surface area contributed by atoms with E-state index in [0.29, 0.717) is 31.4 Å². The molecule has 2 saturated heterocycles. The molecule has 0 aliphatic carbocycles. The third-order valence-corrected chi connectivity index (χ3v) is 7.63. The van der Waals surface area contributed by atoms with Crippen molar-refractivity contribution in [3.05, 3.63) is 69.3 Å².